The Morgan fingerprint density at radius 2 is 2.04 bits per heavy atom. The number of hydrogen-bond acceptors (Lipinski definition) is 3. The van der Waals surface area contributed by atoms with E-state index < -0.39 is 0 Å². The van der Waals surface area contributed by atoms with Crippen LogP contribution < -0.4 is 0 Å². The van der Waals surface area contributed by atoms with Crippen molar-refractivity contribution in [2.24, 2.45) is 5.41 Å². The van der Waals surface area contributed by atoms with Crippen LogP contribution >= 0.6 is 0 Å². The van der Waals surface area contributed by atoms with Gasteiger partial charge < -0.3 is 14.4 Å². The Morgan fingerprint density at radius 3 is 2.74 bits per heavy atom. The zero-order chi connectivity index (χ0) is 15.9. The Labute approximate surface area is 135 Å². The lowest BCUT2D eigenvalue weighted by molar-refractivity contribution is 0.0547. The van der Waals surface area contributed by atoms with Crippen molar-refractivity contribution >= 4 is 5.91 Å². The summed E-state index contributed by atoms with van der Waals surface area (Å²) in [5, 5.41) is 10.2. The van der Waals surface area contributed by atoms with Crippen molar-refractivity contribution in [3.63, 3.8) is 0 Å². The summed E-state index contributed by atoms with van der Waals surface area (Å²) in [5.41, 5.74) is 0.992. The second-order valence-electron chi connectivity index (χ2n) is 6.82. The number of aliphatic hydroxyl groups excluding tert-OH is 1. The van der Waals surface area contributed by atoms with E-state index in [0.29, 0.717) is 5.76 Å². The second-order valence-corrected chi connectivity index (χ2v) is 6.82. The Bertz CT molecular complexity index is 682. The van der Waals surface area contributed by atoms with Crippen molar-refractivity contribution in [2.75, 3.05) is 6.61 Å². The topological polar surface area (TPSA) is 53.7 Å². The molecule has 3 heterocycles. The lowest BCUT2D eigenvalue weighted by Gasteiger charge is -2.36. The fourth-order valence-corrected chi connectivity index (χ4v) is 4.54. The lowest BCUT2D eigenvalue weighted by Crippen LogP contribution is -2.43. The van der Waals surface area contributed by atoms with Gasteiger partial charge >= 0.3 is 0 Å². The minimum atomic E-state index is -0.230. The molecular formula is C19H21NO3. The van der Waals surface area contributed by atoms with Gasteiger partial charge in [-0.2, -0.15) is 0 Å². The van der Waals surface area contributed by atoms with Gasteiger partial charge in [-0.1, -0.05) is 30.3 Å². The maximum Gasteiger partial charge on any atom is 0.290 e. The molecule has 3 atom stereocenters. The number of amides is 1. The van der Waals surface area contributed by atoms with Crippen LogP contribution in [0.5, 0.6) is 0 Å². The molecule has 0 aliphatic carbocycles. The molecule has 1 N–H and O–H groups in total. The summed E-state index contributed by atoms with van der Waals surface area (Å²) in [5.74, 6) is 0.362. The predicted octanol–water partition coefficient (Wildman–Crippen LogP) is 2.88. The molecule has 0 radical (unpaired) electrons. The first kappa shape index (κ1) is 14.5. The highest BCUT2D eigenvalue weighted by Crippen LogP contribution is 2.51. The zero-order valence-electron chi connectivity index (χ0n) is 13.0. The van der Waals surface area contributed by atoms with E-state index in [0.717, 1.165) is 25.7 Å². The van der Waals surface area contributed by atoms with Crippen LogP contribution in [0, 0.1) is 5.41 Å². The van der Waals surface area contributed by atoms with Gasteiger partial charge in [-0.3, -0.25) is 4.79 Å². The summed E-state index contributed by atoms with van der Waals surface area (Å²) in [7, 11) is 0. The maximum atomic E-state index is 12.8. The Balaban J connectivity index is 1.62. The Kier molecular flexibility index (Phi) is 3.49. The van der Waals surface area contributed by atoms with Gasteiger partial charge in [0.05, 0.1) is 12.9 Å². The minimum absolute atomic E-state index is 0.0362. The van der Waals surface area contributed by atoms with E-state index >= 15 is 0 Å². The summed E-state index contributed by atoms with van der Waals surface area (Å²) < 4.78 is 5.30. The largest absolute Gasteiger partial charge is 0.459 e. The fraction of sp³-hybridized carbons (Fsp3) is 0.421. The summed E-state index contributed by atoms with van der Waals surface area (Å²) in [6.45, 7) is 0.116. The first-order valence-electron chi connectivity index (χ1n) is 8.24. The Hall–Kier alpha value is -2.07. The number of hydrogen-bond donors (Lipinski definition) is 1. The van der Waals surface area contributed by atoms with Gasteiger partial charge in [0.1, 0.15) is 0 Å². The average molecular weight is 311 g/mol. The van der Waals surface area contributed by atoms with Gasteiger partial charge in [0.2, 0.25) is 0 Å². The molecule has 1 aromatic carbocycles. The standard InChI is InChI=1S/C19H21NO3/c21-13-19(11-14-5-2-1-3-6-14)12-15-8-9-17(19)20(15)18(22)16-7-4-10-23-16/h1-7,10,15,17,21H,8-9,11-13H2/t15-,17+,19-/m0/s1. The smallest absolute Gasteiger partial charge is 0.290 e. The van der Waals surface area contributed by atoms with Crippen molar-refractivity contribution in [1.29, 1.82) is 0 Å². The quantitative estimate of drug-likeness (QED) is 0.944. The van der Waals surface area contributed by atoms with Gasteiger partial charge in [-0.15, -0.1) is 0 Å². The molecule has 4 rings (SSSR count). The monoisotopic (exact) mass is 311 g/mol. The Morgan fingerprint density at radius 1 is 1.22 bits per heavy atom. The third-order valence-corrected chi connectivity index (χ3v) is 5.53. The summed E-state index contributed by atoms with van der Waals surface area (Å²) >= 11 is 0. The molecule has 2 bridgehead atoms. The molecule has 0 unspecified atom stereocenters. The van der Waals surface area contributed by atoms with Crippen LogP contribution in [0.15, 0.2) is 53.1 Å². The van der Waals surface area contributed by atoms with Crippen molar-refractivity contribution in [3.05, 3.63) is 60.1 Å². The van der Waals surface area contributed by atoms with Gasteiger partial charge in [-0.25, -0.2) is 0 Å². The number of nitrogens with zero attached hydrogens (tertiary/aromatic N) is 1. The van der Waals surface area contributed by atoms with Crippen molar-refractivity contribution < 1.29 is 14.3 Å². The normalized spacial score (nSPS) is 29.2. The first-order chi connectivity index (χ1) is 11.2. The molecule has 1 aromatic heterocycles. The molecule has 2 saturated heterocycles. The molecule has 2 aromatic rings. The van der Waals surface area contributed by atoms with Crippen molar-refractivity contribution in [2.45, 2.75) is 37.8 Å². The van der Waals surface area contributed by atoms with E-state index in [9.17, 15) is 9.90 Å². The van der Waals surface area contributed by atoms with E-state index in [1.165, 1.54) is 11.8 Å². The zero-order valence-corrected chi connectivity index (χ0v) is 13.0. The van der Waals surface area contributed by atoms with Crippen LogP contribution in [0.4, 0.5) is 0 Å². The molecule has 23 heavy (non-hydrogen) atoms. The average Bonchev–Trinajstić information content (AvgIpc) is 3.30. The molecule has 2 aliphatic heterocycles. The molecule has 4 heteroatoms. The van der Waals surface area contributed by atoms with E-state index in [1.807, 2.05) is 23.1 Å². The summed E-state index contributed by atoms with van der Waals surface area (Å²) in [6, 6.07) is 14.0. The predicted molar refractivity (Wildman–Crippen MR) is 86.0 cm³/mol. The molecule has 0 saturated carbocycles. The van der Waals surface area contributed by atoms with Crippen molar-refractivity contribution in [1.82, 2.24) is 4.90 Å². The molecule has 120 valence electrons. The summed E-state index contributed by atoms with van der Waals surface area (Å²) in [6.07, 6.45) is 5.20. The highest BCUT2D eigenvalue weighted by atomic mass is 16.3. The van der Waals surface area contributed by atoms with E-state index in [-0.39, 0.29) is 30.0 Å². The van der Waals surface area contributed by atoms with Crippen LogP contribution in [0.1, 0.15) is 35.4 Å². The number of aliphatic hydroxyl groups is 1. The van der Waals surface area contributed by atoms with Gasteiger partial charge in [-0.05, 0) is 43.4 Å². The molecule has 1 amide bonds. The highest BCUT2D eigenvalue weighted by Gasteiger charge is 2.57. The van der Waals surface area contributed by atoms with Gasteiger partial charge in [0, 0.05) is 17.5 Å². The number of benzene rings is 1. The maximum absolute atomic E-state index is 12.8. The summed E-state index contributed by atoms with van der Waals surface area (Å²) in [4.78, 5) is 14.7. The number of carbonyl (C=O) groups excluding carboxylic acids is 1. The first-order valence-corrected chi connectivity index (χ1v) is 8.24. The van der Waals surface area contributed by atoms with E-state index in [4.69, 9.17) is 4.42 Å². The van der Waals surface area contributed by atoms with Gasteiger partial charge in [0.15, 0.2) is 5.76 Å². The molecule has 2 fully saturated rings. The second kappa shape index (κ2) is 5.53. The van der Waals surface area contributed by atoms with E-state index in [1.54, 1.807) is 12.1 Å². The third-order valence-electron chi connectivity index (χ3n) is 5.53. The van der Waals surface area contributed by atoms with Crippen LogP contribution in [0.3, 0.4) is 0 Å². The van der Waals surface area contributed by atoms with Gasteiger partial charge in [0.25, 0.3) is 5.91 Å². The van der Waals surface area contributed by atoms with E-state index in [2.05, 4.69) is 12.1 Å². The molecule has 4 nitrogen and oxygen atoms in total. The van der Waals surface area contributed by atoms with Crippen LogP contribution in [-0.4, -0.2) is 34.6 Å². The molecular weight excluding hydrogens is 290 g/mol. The molecule has 0 spiro atoms. The van der Waals surface area contributed by atoms with Crippen molar-refractivity contribution in [3.8, 4) is 0 Å². The number of fused-ring (bicyclic) bond motifs is 2. The number of carbonyl (C=O) groups is 1. The third kappa shape index (κ3) is 2.29. The number of rotatable bonds is 4. The van der Waals surface area contributed by atoms with Crippen LogP contribution in [0.2, 0.25) is 0 Å². The highest BCUT2D eigenvalue weighted by molar-refractivity contribution is 5.92. The fourth-order valence-electron chi connectivity index (χ4n) is 4.54. The number of furan rings is 1. The SMILES string of the molecule is O=C(c1ccco1)N1[C@H]2CC[C@@H]1[C@@](CO)(Cc1ccccc1)C2. The van der Waals surface area contributed by atoms with Crippen LogP contribution in [-0.2, 0) is 6.42 Å². The lowest BCUT2D eigenvalue weighted by atomic mass is 9.70. The minimum Gasteiger partial charge on any atom is -0.459 e. The molecule has 2 aliphatic rings. The van der Waals surface area contributed by atoms with Crippen LogP contribution in [0.25, 0.3) is 0 Å².